The zero-order valence-electron chi connectivity index (χ0n) is 13.7. The summed E-state index contributed by atoms with van der Waals surface area (Å²) in [4.78, 5) is 11.6. The summed E-state index contributed by atoms with van der Waals surface area (Å²) in [5.41, 5.74) is 2.76. The van der Waals surface area contributed by atoms with Crippen LogP contribution in [0.2, 0.25) is 0 Å². The highest BCUT2D eigenvalue weighted by molar-refractivity contribution is 5.77. The third-order valence-corrected chi connectivity index (χ3v) is 3.32. The van der Waals surface area contributed by atoms with E-state index in [9.17, 15) is 4.79 Å². The lowest BCUT2D eigenvalue weighted by atomic mass is 9.86. The minimum Gasteiger partial charge on any atom is -0.383 e. The molecule has 0 bridgehead atoms. The smallest absolute Gasteiger partial charge is 0.233 e. The Labute approximate surface area is 128 Å². The number of carbonyl (C=O) groups excluding carboxylic acids is 1. The second kappa shape index (κ2) is 8.80. The van der Waals surface area contributed by atoms with Gasteiger partial charge in [-0.3, -0.25) is 4.79 Å². The van der Waals surface area contributed by atoms with Crippen molar-refractivity contribution < 1.29 is 9.53 Å². The molecule has 0 saturated carbocycles. The molecule has 0 radical (unpaired) electrons. The number of nitrogens with one attached hydrogen (secondary N) is 2. The molecule has 21 heavy (non-hydrogen) atoms. The van der Waals surface area contributed by atoms with Crippen LogP contribution in [0.15, 0.2) is 24.3 Å². The molecule has 4 heteroatoms. The lowest BCUT2D eigenvalue weighted by Crippen LogP contribution is -2.36. The van der Waals surface area contributed by atoms with Gasteiger partial charge in [0.1, 0.15) is 0 Å². The first-order valence-corrected chi connectivity index (χ1v) is 7.49. The third kappa shape index (κ3) is 7.25. The van der Waals surface area contributed by atoms with Crippen LogP contribution in [0, 0.1) is 0 Å². The van der Waals surface area contributed by atoms with E-state index >= 15 is 0 Å². The molecular formula is C17H28N2O2. The second-order valence-corrected chi connectivity index (χ2v) is 6.22. The van der Waals surface area contributed by atoms with E-state index in [1.165, 1.54) is 11.1 Å². The molecule has 0 atom stereocenters. The SMILES string of the molecule is COCCNCC(=O)NCCc1ccc(C(C)(C)C)cc1. The summed E-state index contributed by atoms with van der Waals surface area (Å²) in [6.45, 7) is 8.94. The Hall–Kier alpha value is -1.39. The van der Waals surface area contributed by atoms with Gasteiger partial charge in [0.25, 0.3) is 0 Å². The molecule has 4 nitrogen and oxygen atoms in total. The van der Waals surface area contributed by atoms with E-state index in [-0.39, 0.29) is 11.3 Å². The monoisotopic (exact) mass is 292 g/mol. The molecule has 2 N–H and O–H groups in total. The standard InChI is InChI=1S/C17H28N2O2/c1-17(2,3)15-7-5-14(6-8-15)9-10-19-16(20)13-18-11-12-21-4/h5-8,18H,9-13H2,1-4H3,(H,19,20). The first kappa shape index (κ1) is 17.7. The topological polar surface area (TPSA) is 50.4 Å². The minimum absolute atomic E-state index is 0.0254. The molecule has 0 aliphatic heterocycles. The summed E-state index contributed by atoms with van der Waals surface area (Å²) in [6, 6.07) is 8.63. The fourth-order valence-corrected chi connectivity index (χ4v) is 1.96. The van der Waals surface area contributed by atoms with Crippen molar-refractivity contribution in [3.63, 3.8) is 0 Å². The number of amides is 1. The molecule has 0 saturated heterocycles. The molecule has 0 aromatic heterocycles. The zero-order chi connectivity index (χ0) is 15.7. The normalized spacial score (nSPS) is 11.4. The zero-order valence-corrected chi connectivity index (χ0v) is 13.7. The van der Waals surface area contributed by atoms with Gasteiger partial charge in [0, 0.05) is 20.2 Å². The van der Waals surface area contributed by atoms with Crippen LogP contribution in [0.25, 0.3) is 0 Å². The van der Waals surface area contributed by atoms with E-state index in [0.717, 1.165) is 6.42 Å². The molecule has 1 rings (SSSR count). The van der Waals surface area contributed by atoms with E-state index in [0.29, 0.717) is 26.2 Å². The highest BCUT2D eigenvalue weighted by Crippen LogP contribution is 2.22. The van der Waals surface area contributed by atoms with Crippen molar-refractivity contribution in [3.8, 4) is 0 Å². The Morgan fingerprint density at radius 1 is 1.14 bits per heavy atom. The van der Waals surface area contributed by atoms with Crippen molar-refractivity contribution in [2.75, 3.05) is 33.4 Å². The Morgan fingerprint density at radius 3 is 2.38 bits per heavy atom. The van der Waals surface area contributed by atoms with Crippen molar-refractivity contribution in [1.82, 2.24) is 10.6 Å². The third-order valence-electron chi connectivity index (χ3n) is 3.32. The average Bonchev–Trinajstić information content (AvgIpc) is 2.43. The van der Waals surface area contributed by atoms with Crippen LogP contribution in [-0.4, -0.2) is 39.3 Å². The fraction of sp³-hybridized carbons (Fsp3) is 0.588. The van der Waals surface area contributed by atoms with Gasteiger partial charge in [-0.15, -0.1) is 0 Å². The van der Waals surface area contributed by atoms with Gasteiger partial charge in [-0.25, -0.2) is 0 Å². The molecule has 0 fully saturated rings. The summed E-state index contributed by atoms with van der Waals surface area (Å²) in [5.74, 6) is 0.0254. The van der Waals surface area contributed by atoms with Gasteiger partial charge < -0.3 is 15.4 Å². The Bertz CT molecular complexity index is 421. The Balaban J connectivity index is 2.25. The average molecular weight is 292 g/mol. The Kier molecular flexibility index (Phi) is 7.40. The number of benzene rings is 1. The lowest BCUT2D eigenvalue weighted by molar-refractivity contribution is -0.120. The largest absolute Gasteiger partial charge is 0.383 e. The van der Waals surface area contributed by atoms with Crippen molar-refractivity contribution in [2.24, 2.45) is 0 Å². The molecule has 1 aromatic carbocycles. The van der Waals surface area contributed by atoms with Gasteiger partial charge in [-0.05, 0) is 23.0 Å². The second-order valence-electron chi connectivity index (χ2n) is 6.22. The number of rotatable bonds is 8. The molecule has 0 spiro atoms. The number of methoxy groups -OCH3 is 1. The maximum Gasteiger partial charge on any atom is 0.233 e. The molecule has 0 heterocycles. The predicted octanol–water partition coefficient (Wildman–Crippen LogP) is 1.88. The summed E-state index contributed by atoms with van der Waals surface area (Å²) in [7, 11) is 1.65. The van der Waals surface area contributed by atoms with Gasteiger partial charge in [-0.2, -0.15) is 0 Å². The van der Waals surface area contributed by atoms with Crippen molar-refractivity contribution in [1.29, 1.82) is 0 Å². The van der Waals surface area contributed by atoms with Crippen molar-refractivity contribution in [3.05, 3.63) is 35.4 Å². The van der Waals surface area contributed by atoms with Crippen LogP contribution in [-0.2, 0) is 21.4 Å². The van der Waals surface area contributed by atoms with Crippen molar-refractivity contribution in [2.45, 2.75) is 32.6 Å². The summed E-state index contributed by atoms with van der Waals surface area (Å²) < 4.78 is 4.90. The van der Waals surface area contributed by atoms with E-state index in [4.69, 9.17) is 4.74 Å². The van der Waals surface area contributed by atoms with Crippen LogP contribution in [0.1, 0.15) is 31.9 Å². The lowest BCUT2D eigenvalue weighted by Gasteiger charge is -2.19. The van der Waals surface area contributed by atoms with E-state index in [2.05, 4.69) is 55.7 Å². The molecule has 0 aliphatic carbocycles. The number of ether oxygens (including phenoxy) is 1. The molecule has 1 amide bonds. The van der Waals surface area contributed by atoms with Gasteiger partial charge in [0.05, 0.1) is 13.2 Å². The highest BCUT2D eigenvalue weighted by atomic mass is 16.5. The maximum atomic E-state index is 11.6. The van der Waals surface area contributed by atoms with Crippen LogP contribution in [0.3, 0.4) is 0 Å². The van der Waals surface area contributed by atoms with Crippen LogP contribution in [0.4, 0.5) is 0 Å². The fourth-order valence-electron chi connectivity index (χ4n) is 1.96. The van der Waals surface area contributed by atoms with Gasteiger partial charge in [0.15, 0.2) is 0 Å². The minimum atomic E-state index is 0.0254. The predicted molar refractivity (Wildman–Crippen MR) is 86.6 cm³/mol. The van der Waals surface area contributed by atoms with Crippen LogP contribution in [0.5, 0.6) is 0 Å². The number of hydrogen-bond donors (Lipinski definition) is 2. The van der Waals surface area contributed by atoms with E-state index < -0.39 is 0 Å². The molecule has 0 aliphatic rings. The summed E-state index contributed by atoms with van der Waals surface area (Å²) in [5, 5.41) is 5.93. The van der Waals surface area contributed by atoms with E-state index in [1.807, 2.05) is 0 Å². The van der Waals surface area contributed by atoms with Crippen molar-refractivity contribution >= 4 is 5.91 Å². The molecule has 1 aromatic rings. The molecule has 118 valence electrons. The quantitative estimate of drug-likeness (QED) is 0.719. The summed E-state index contributed by atoms with van der Waals surface area (Å²) in [6.07, 6.45) is 0.855. The first-order chi connectivity index (χ1) is 9.93. The molecule has 0 unspecified atom stereocenters. The van der Waals surface area contributed by atoms with Gasteiger partial charge in [0.2, 0.25) is 5.91 Å². The van der Waals surface area contributed by atoms with Crippen LogP contribution >= 0.6 is 0 Å². The maximum absolute atomic E-state index is 11.6. The molecular weight excluding hydrogens is 264 g/mol. The number of carbonyl (C=O) groups is 1. The van der Waals surface area contributed by atoms with Gasteiger partial charge >= 0.3 is 0 Å². The van der Waals surface area contributed by atoms with E-state index in [1.54, 1.807) is 7.11 Å². The summed E-state index contributed by atoms with van der Waals surface area (Å²) >= 11 is 0. The van der Waals surface area contributed by atoms with Gasteiger partial charge in [-0.1, -0.05) is 45.0 Å². The first-order valence-electron chi connectivity index (χ1n) is 7.49. The Morgan fingerprint density at radius 2 is 1.81 bits per heavy atom. The highest BCUT2D eigenvalue weighted by Gasteiger charge is 2.12. The number of hydrogen-bond acceptors (Lipinski definition) is 3. The van der Waals surface area contributed by atoms with Crippen LogP contribution < -0.4 is 10.6 Å².